The summed E-state index contributed by atoms with van der Waals surface area (Å²) in [6.45, 7) is 9.13. The fraction of sp³-hybridized carbons (Fsp3) is 0.312. The van der Waals surface area contributed by atoms with Crippen LogP contribution >= 0.6 is 0 Å². The Bertz CT molecular complexity index is 762. The van der Waals surface area contributed by atoms with Gasteiger partial charge in [-0.2, -0.15) is 5.10 Å². The van der Waals surface area contributed by atoms with Crippen molar-refractivity contribution in [2.24, 2.45) is 0 Å². The van der Waals surface area contributed by atoms with Gasteiger partial charge in [-0.05, 0) is 24.6 Å². The van der Waals surface area contributed by atoms with Gasteiger partial charge in [-0.25, -0.2) is 9.53 Å². The number of nitrogens with zero attached hydrogens (tertiary/aromatic N) is 3. The SMILES string of the molecule is [C-]#[N+]c1c(NC(C)CO)cnn(Cc2ccc(OC)cc2)c1=O. The van der Waals surface area contributed by atoms with Gasteiger partial charge < -0.3 is 15.2 Å². The van der Waals surface area contributed by atoms with Crippen LogP contribution in [0.5, 0.6) is 5.75 Å². The van der Waals surface area contributed by atoms with Gasteiger partial charge in [-0.3, -0.25) is 4.79 Å². The van der Waals surface area contributed by atoms with Crippen LogP contribution in [0.15, 0.2) is 35.3 Å². The summed E-state index contributed by atoms with van der Waals surface area (Å²) >= 11 is 0. The van der Waals surface area contributed by atoms with Crippen molar-refractivity contribution in [2.75, 3.05) is 19.0 Å². The van der Waals surface area contributed by atoms with Crippen molar-refractivity contribution in [1.29, 1.82) is 0 Å². The molecular weight excluding hydrogens is 296 g/mol. The minimum atomic E-state index is -0.467. The average molecular weight is 314 g/mol. The third-order valence-corrected chi connectivity index (χ3v) is 3.30. The summed E-state index contributed by atoms with van der Waals surface area (Å²) in [5.41, 5.74) is 0.707. The van der Waals surface area contributed by atoms with E-state index in [2.05, 4.69) is 15.3 Å². The minimum Gasteiger partial charge on any atom is -0.497 e. The van der Waals surface area contributed by atoms with E-state index in [1.165, 1.54) is 10.9 Å². The molecule has 0 saturated heterocycles. The lowest BCUT2D eigenvalue weighted by Crippen LogP contribution is -2.26. The Balaban J connectivity index is 2.29. The lowest BCUT2D eigenvalue weighted by molar-refractivity contribution is 0.281. The second kappa shape index (κ2) is 7.42. The fourth-order valence-corrected chi connectivity index (χ4v) is 2.02. The van der Waals surface area contributed by atoms with E-state index in [0.717, 1.165) is 11.3 Å². The Hall–Kier alpha value is -2.85. The molecule has 2 aromatic rings. The molecule has 7 nitrogen and oxygen atoms in total. The largest absolute Gasteiger partial charge is 0.497 e. The molecule has 0 saturated carbocycles. The highest BCUT2D eigenvalue weighted by molar-refractivity contribution is 5.67. The molecule has 23 heavy (non-hydrogen) atoms. The Kier molecular flexibility index (Phi) is 5.33. The summed E-state index contributed by atoms with van der Waals surface area (Å²) in [7, 11) is 1.59. The van der Waals surface area contributed by atoms with Gasteiger partial charge in [0.25, 0.3) is 11.2 Å². The molecule has 1 aromatic heterocycles. The first kappa shape index (κ1) is 16.5. The van der Waals surface area contributed by atoms with E-state index in [1.807, 2.05) is 12.1 Å². The number of aliphatic hydroxyl groups is 1. The van der Waals surface area contributed by atoms with Crippen molar-refractivity contribution in [3.05, 3.63) is 57.8 Å². The molecule has 7 heteroatoms. The maximum Gasteiger partial charge on any atom is 0.275 e. The topological polar surface area (TPSA) is 80.7 Å². The Labute approximate surface area is 134 Å². The highest BCUT2D eigenvalue weighted by Crippen LogP contribution is 2.20. The van der Waals surface area contributed by atoms with Gasteiger partial charge in [-0.15, -0.1) is 0 Å². The first-order valence-electron chi connectivity index (χ1n) is 7.07. The van der Waals surface area contributed by atoms with Gasteiger partial charge >= 0.3 is 0 Å². The van der Waals surface area contributed by atoms with Gasteiger partial charge in [0, 0.05) is 6.04 Å². The van der Waals surface area contributed by atoms with Crippen molar-refractivity contribution < 1.29 is 9.84 Å². The van der Waals surface area contributed by atoms with E-state index in [4.69, 9.17) is 16.4 Å². The summed E-state index contributed by atoms with van der Waals surface area (Å²) in [5.74, 6) is 0.730. The summed E-state index contributed by atoms with van der Waals surface area (Å²) in [5, 5.41) is 16.1. The van der Waals surface area contributed by atoms with Crippen LogP contribution in [0.1, 0.15) is 12.5 Å². The Morgan fingerprint density at radius 3 is 2.70 bits per heavy atom. The molecule has 1 heterocycles. The van der Waals surface area contributed by atoms with Crippen LogP contribution in [0.4, 0.5) is 11.4 Å². The highest BCUT2D eigenvalue weighted by atomic mass is 16.5. The van der Waals surface area contributed by atoms with Gasteiger partial charge in [0.2, 0.25) is 0 Å². The van der Waals surface area contributed by atoms with Crippen molar-refractivity contribution in [3.63, 3.8) is 0 Å². The lowest BCUT2D eigenvalue weighted by Gasteiger charge is -2.14. The first-order chi connectivity index (χ1) is 11.1. The fourth-order valence-electron chi connectivity index (χ4n) is 2.02. The Morgan fingerprint density at radius 1 is 1.43 bits per heavy atom. The number of rotatable bonds is 6. The minimum absolute atomic E-state index is 0.0335. The monoisotopic (exact) mass is 314 g/mol. The zero-order valence-corrected chi connectivity index (χ0v) is 13.0. The number of methoxy groups -OCH3 is 1. The molecule has 0 fully saturated rings. The smallest absolute Gasteiger partial charge is 0.275 e. The lowest BCUT2D eigenvalue weighted by atomic mass is 10.2. The van der Waals surface area contributed by atoms with Crippen molar-refractivity contribution in [3.8, 4) is 5.75 Å². The first-order valence-corrected chi connectivity index (χ1v) is 7.07. The molecule has 0 aliphatic heterocycles. The van der Waals surface area contributed by atoms with Gasteiger partial charge in [-0.1, -0.05) is 12.1 Å². The number of benzene rings is 1. The van der Waals surface area contributed by atoms with E-state index in [9.17, 15) is 4.79 Å². The zero-order chi connectivity index (χ0) is 16.8. The number of hydrogen-bond acceptors (Lipinski definition) is 5. The number of aromatic nitrogens is 2. The van der Waals surface area contributed by atoms with E-state index >= 15 is 0 Å². The third kappa shape index (κ3) is 3.87. The molecule has 2 rings (SSSR count). The van der Waals surface area contributed by atoms with Crippen molar-refractivity contribution in [1.82, 2.24) is 9.78 Å². The molecule has 2 N–H and O–H groups in total. The van der Waals surface area contributed by atoms with Crippen molar-refractivity contribution in [2.45, 2.75) is 19.5 Å². The number of aliphatic hydroxyl groups excluding tert-OH is 1. The summed E-state index contributed by atoms with van der Waals surface area (Å²) in [4.78, 5) is 15.7. The van der Waals surface area contributed by atoms with E-state index in [1.54, 1.807) is 26.2 Å². The summed E-state index contributed by atoms with van der Waals surface area (Å²) in [6.07, 6.45) is 1.43. The molecule has 1 aromatic carbocycles. The van der Waals surface area contributed by atoms with Crippen LogP contribution in [0.25, 0.3) is 4.85 Å². The maximum absolute atomic E-state index is 12.4. The molecule has 120 valence electrons. The zero-order valence-electron chi connectivity index (χ0n) is 13.0. The molecule has 0 amide bonds. The third-order valence-electron chi connectivity index (χ3n) is 3.30. The number of nitrogens with one attached hydrogen (secondary N) is 1. The molecule has 1 atom stereocenters. The van der Waals surface area contributed by atoms with Gasteiger partial charge in [0.1, 0.15) is 5.75 Å². The van der Waals surface area contributed by atoms with E-state index < -0.39 is 5.56 Å². The Morgan fingerprint density at radius 2 is 2.13 bits per heavy atom. The van der Waals surface area contributed by atoms with Crippen LogP contribution in [-0.4, -0.2) is 34.6 Å². The van der Waals surface area contributed by atoms with Crippen LogP contribution in [0, 0.1) is 6.57 Å². The van der Waals surface area contributed by atoms with Gasteiger partial charge in [0.05, 0.1) is 38.7 Å². The van der Waals surface area contributed by atoms with Crippen LogP contribution in [-0.2, 0) is 6.54 Å². The van der Waals surface area contributed by atoms with E-state index in [0.29, 0.717) is 5.69 Å². The van der Waals surface area contributed by atoms with E-state index in [-0.39, 0.29) is 24.9 Å². The van der Waals surface area contributed by atoms with Crippen LogP contribution in [0.3, 0.4) is 0 Å². The van der Waals surface area contributed by atoms with Crippen LogP contribution < -0.4 is 15.6 Å². The number of anilines is 1. The standard InChI is InChI=1S/C16H18N4O3/c1-11(10-21)19-14-8-18-20(16(22)15(14)17-2)9-12-4-6-13(23-3)7-5-12/h4-8,11,19,21H,9-10H2,1,3H3. The highest BCUT2D eigenvalue weighted by Gasteiger charge is 2.13. The summed E-state index contributed by atoms with van der Waals surface area (Å²) in [6, 6.07) is 7.01. The summed E-state index contributed by atoms with van der Waals surface area (Å²) < 4.78 is 6.33. The average Bonchev–Trinajstić information content (AvgIpc) is 2.58. The predicted molar refractivity (Wildman–Crippen MR) is 87.0 cm³/mol. The predicted octanol–water partition coefficient (Wildman–Crippen LogP) is 1.64. The maximum atomic E-state index is 12.4. The number of hydrogen-bond donors (Lipinski definition) is 2. The quantitative estimate of drug-likeness (QED) is 0.792. The van der Waals surface area contributed by atoms with Crippen molar-refractivity contribution >= 4 is 11.4 Å². The molecule has 0 radical (unpaired) electrons. The second-order valence-corrected chi connectivity index (χ2v) is 5.06. The molecule has 0 aliphatic rings. The van der Waals surface area contributed by atoms with Crippen LogP contribution in [0.2, 0.25) is 0 Å². The number of ether oxygens (including phenoxy) is 1. The molecule has 0 spiro atoms. The second-order valence-electron chi connectivity index (χ2n) is 5.06. The molecule has 0 bridgehead atoms. The normalized spacial score (nSPS) is 11.6. The molecular formula is C16H18N4O3. The molecule has 1 unspecified atom stereocenters. The van der Waals surface area contributed by atoms with Gasteiger partial charge in [0.15, 0.2) is 0 Å². The molecule has 0 aliphatic carbocycles.